The van der Waals surface area contributed by atoms with E-state index in [4.69, 9.17) is 32.9 Å². The van der Waals surface area contributed by atoms with E-state index >= 15 is 0 Å². The van der Waals surface area contributed by atoms with Gasteiger partial charge in [-0.3, -0.25) is 4.90 Å². The Morgan fingerprint density at radius 2 is 1.84 bits per heavy atom. The highest BCUT2D eigenvalue weighted by Crippen LogP contribution is 2.39. The molecular weight excluding hydrogens is 587 g/mol. The number of aliphatic hydroxyl groups is 1. The van der Waals surface area contributed by atoms with Crippen molar-refractivity contribution in [2.45, 2.75) is 26.8 Å². The number of carbonyl (C=O) groups is 1. The van der Waals surface area contributed by atoms with E-state index in [-0.39, 0.29) is 19.2 Å². The van der Waals surface area contributed by atoms with Gasteiger partial charge in [0.2, 0.25) is 5.95 Å². The number of carbonyl (C=O) groups excluding carboxylic acids is 1. The third-order valence-corrected chi connectivity index (χ3v) is 7.79. The fraction of sp³-hybridized carbons (Fsp3) is 0.281. The molecule has 11 heteroatoms. The van der Waals surface area contributed by atoms with Gasteiger partial charge in [-0.2, -0.15) is 4.98 Å². The van der Waals surface area contributed by atoms with E-state index in [1.807, 2.05) is 48.5 Å². The number of nitrogens with zero attached hydrogens (tertiary/aromatic N) is 5. The topological polar surface area (TPSA) is 94.1 Å². The molecule has 0 bridgehead atoms. The zero-order valence-electron chi connectivity index (χ0n) is 24.1. The third-order valence-electron chi connectivity index (χ3n) is 7.26. The smallest absolute Gasteiger partial charge is 0.335 e. The van der Waals surface area contributed by atoms with E-state index in [9.17, 15) is 9.90 Å². The van der Waals surface area contributed by atoms with E-state index in [0.29, 0.717) is 46.2 Å². The van der Waals surface area contributed by atoms with Gasteiger partial charge in [0.1, 0.15) is 12.4 Å². The maximum atomic E-state index is 14.1. The van der Waals surface area contributed by atoms with Crippen molar-refractivity contribution < 1.29 is 14.6 Å². The van der Waals surface area contributed by atoms with Crippen LogP contribution in [0, 0.1) is 0 Å². The van der Waals surface area contributed by atoms with Crippen LogP contribution in [0.1, 0.15) is 25.0 Å². The molecule has 0 atom stereocenters. The van der Waals surface area contributed by atoms with Gasteiger partial charge in [0.25, 0.3) is 0 Å². The summed E-state index contributed by atoms with van der Waals surface area (Å²) >= 11 is 12.6. The molecule has 0 spiro atoms. The van der Waals surface area contributed by atoms with E-state index < -0.39 is 0 Å². The molecule has 2 N–H and O–H groups in total. The maximum Gasteiger partial charge on any atom is 0.335 e. The Morgan fingerprint density at radius 1 is 1.05 bits per heavy atom. The summed E-state index contributed by atoms with van der Waals surface area (Å²) in [5, 5.41) is 13.6. The Labute approximate surface area is 261 Å². The number of urea groups is 1. The Bertz CT molecular complexity index is 1570. The number of anilines is 5. The summed E-state index contributed by atoms with van der Waals surface area (Å²) in [4.78, 5) is 28.9. The van der Waals surface area contributed by atoms with Gasteiger partial charge in [-0.05, 0) is 79.7 Å². The van der Waals surface area contributed by atoms with Gasteiger partial charge in [-0.1, -0.05) is 49.2 Å². The number of fused-ring (bicyclic) bond motifs is 1. The van der Waals surface area contributed by atoms with Gasteiger partial charge in [0.05, 0.1) is 22.9 Å². The first-order valence-corrected chi connectivity index (χ1v) is 15.0. The number of aliphatic hydroxyl groups excluding tert-OH is 1. The molecule has 2 heterocycles. The summed E-state index contributed by atoms with van der Waals surface area (Å²) in [6.45, 7) is 7.97. The SMILES string of the molecule is CCN(CC)CCOc1ccc(Nc2ncc3c(n2)N(c2cccc(CCO)c2)C(=O)N(c2ccc(Cl)cc2Cl)C3)cc1. The summed E-state index contributed by atoms with van der Waals surface area (Å²) in [7, 11) is 0. The monoisotopic (exact) mass is 620 g/mol. The zero-order chi connectivity index (χ0) is 30.3. The lowest BCUT2D eigenvalue weighted by atomic mass is 10.1. The molecule has 9 nitrogen and oxygen atoms in total. The molecule has 224 valence electrons. The van der Waals surface area contributed by atoms with E-state index in [2.05, 4.69) is 29.0 Å². The van der Waals surface area contributed by atoms with Gasteiger partial charge in [0.15, 0.2) is 5.82 Å². The largest absolute Gasteiger partial charge is 0.492 e. The normalized spacial score (nSPS) is 12.9. The Kier molecular flexibility index (Phi) is 9.99. The highest BCUT2D eigenvalue weighted by Gasteiger charge is 2.35. The number of benzene rings is 3. The van der Waals surface area contributed by atoms with Crippen LogP contribution >= 0.6 is 23.2 Å². The summed E-state index contributed by atoms with van der Waals surface area (Å²) in [6, 6.07) is 19.8. The molecule has 4 aromatic rings. The van der Waals surface area contributed by atoms with Crippen LogP contribution in [0.25, 0.3) is 0 Å². The van der Waals surface area contributed by atoms with Crippen molar-refractivity contribution in [1.82, 2.24) is 14.9 Å². The number of aromatic nitrogens is 2. The van der Waals surface area contributed by atoms with Gasteiger partial charge < -0.3 is 20.1 Å². The molecule has 0 radical (unpaired) electrons. The van der Waals surface area contributed by atoms with Gasteiger partial charge >= 0.3 is 6.03 Å². The van der Waals surface area contributed by atoms with Crippen LogP contribution in [-0.4, -0.2) is 58.9 Å². The van der Waals surface area contributed by atoms with Crippen LogP contribution in [0.15, 0.2) is 72.9 Å². The molecule has 1 aliphatic rings. The molecule has 3 aromatic carbocycles. The zero-order valence-corrected chi connectivity index (χ0v) is 25.6. The maximum absolute atomic E-state index is 14.1. The molecular formula is C32H34Cl2N6O3. The van der Waals surface area contributed by atoms with Crippen molar-refractivity contribution in [3.63, 3.8) is 0 Å². The number of hydrogen-bond acceptors (Lipinski definition) is 7. The second kappa shape index (κ2) is 14.1. The van der Waals surface area contributed by atoms with Gasteiger partial charge in [-0.25, -0.2) is 14.7 Å². The number of rotatable bonds is 12. The predicted molar refractivity (Wildman–Crippen MR) is 172 cm³/mol. The van der Waals surface area contributed by atoms with Crippen molar-refractivity contribution in [2.24, 2.45) is 0 Å². The van der Waals surface area contributed by atoms with Crippen LogP contribution < -0.4 is 19.9 Å². The summed E-state index contributed by atoms with van der Waals surface area (Å²) in [5.74, 6) is 1.59. The lowest BCUT2D eigenvalue weighted by Crippen LogP contribution is -2.45. The first kappa shape index (κ1) is 30.6. The summed E-state index contributed by atoms with van der Waals surface area (Å²) in [6.07, 6.45) is 2.17. The molecule has 5 rings (SSSR count). The van der Waals surface area contributed by atoms with E-state index in [1.165, 1.54) is 0 Å². The summed E-state index contributed by atoms with van der Waals surface area (Å²) < 4.78 is 5.90. The number of amides is 2. The Morgan fingerprint density at radius 3 is 2.56 bits per heavy atom. The molecule has 2 amide bonds. The third kappa shape index (κ3) is 7.19. The van der Waals surface area contributed by atoms with Crippen LogP contribution in [0.4, 0.5) is 33.6 Å². The standard InChI is InChI=1S/C32H34Cl2N6O3/c1-3-38(4-2)15-17-43-27-11-9-25(10-12-27)36-31-35-20-23-21-39(29-13-8-24(33)19-28(29)34)32(42)40(30(23)37-31)26-7-5-6-22(18-26)14-16-41/h5-13,18-20,41H,3-4,14-17,21H2,1-2H3,(H,35,36,37). The van der Waals surface area contributed by atoms with Crippen molar-refractivity contribution in [3.8, 4) is 5.75 Å². The minimum absolute atomic E-state index is 0.00349. The van der Waals surface area contributed by atoms with Gasteiger partial charge in [-0.15, -0.1) is 0 Å². The fourth-order valence-electron chi connectivity index (χ4n) is 4.91. The molecule has 43 heavy (non-hydrogen) atoms. The Balaban J connectivity index is 1.42. The Hall–Kier alpha value is -3.89. The number of ether oxygens (including phenoxy) is 1. The van der Waals surface area contributed by atoms with Crippen molar-refractivity contribution in [2.75, 3.05) is 48.0 Å². The van der Waals surface area contributed by atoms with Crippen molar-refractivity contribution >= 4 is 58.1 Å². The number of nitrogens with one attached hydrogen (secondary N) is 1. The van der Waals surface area contributed by atoms with Crippen molar-refractivity contribution in [1.29, 1.82) is 0 Å². The van der Waals surface area contributed by atoms with Crippen LogP contribution in [-0.2, 0) is 13.0 Å². The highest BCUT2D eigenvalue weighted by atomic mass is 35.5. The average molecular weight is 622 g/mol. The first-order valence-electron chi connectivity index (χ1n) is 14.2. The number of likely N-dealkylation sites (N-methyl/N-ethyl adjacent to an activating group) is 1. The molecule has 0 saturated carbocycles. The number of halogens is 2. The molecule has 0 aliphatic carbocycles. The second-order valence-electron chi connectivity index (χ2n) is 10.0. The van der Waals surface area contributed by atoms with Gasteiger partial charge in [0, 0.05) is 35.6 Å². The summed E-state index contributed by atoms with van der Waals surface area (Å²) in [5.41, 5.74) is 3.55. The molecule has 1 aliphatic heterocycles. The number of hydrogen-bond donors (Lipinski definition) is 2. The van der Waals surface area contributed by atoms with Crippen LogP contribution in [0.5, 0.6) is 5.75 Å². The van der Waals surface area contributed by atoms with E-state index in [0.717, 1.165) is 42.2 Å². The molecule has 0 unspecified atom stereocenters. The minimum Gasteiger partial charge on any atom is -0.492 e. The van der Waals surface area contributed by atoms with Crippen LogP contribution in [0.2, 0.25) is 10.0 Å². The molecule has 0 fully saturated rings. The first-order chi connectivity index (χ1) is 20.9. The van der Waals surface area contributed by atoms with Crippen LogP contribution in [0.3, 0.4) is 0 Å². The second-order valence-corrected chi connectivity index (χ2v) is 10.9. The fourth-order valence-corrected chi connectivity index (χ4v) is 5.42. The molecule has 1 aromatic heterocycles. The lowest BCUT2D eigenvalue weighted by molar-refractivity contribution is 0.223. The average Bonchev–Trinajstić information content (AvgIpc) is 3.00. The van der Waals surface area contributed by atoms with Crippen molar-refractivity contribution in [3.05, 3.63) is 94.1 Å². The highest BCUT2D eigenvalue weighted by molar-refractivity contribution is 6.37. The predicted octanol–water partition coefficient (Wildman–Crippen LogP) is 7.06. The quantitative estimate of drug-likeness (QED) is 0.175. The minimum atomic E-state index is -0.325. The molecule has 0 saturated heterocycles. The van der Waals surface area contributed by atoms with E-state index in [1.54, 1.807) is 34.2 Å². The lowest BCUT2D eigenvalue weighted by Gasteiger charge is -2.36.